The Morgan fingerprint density at radius 3 is 1.63 bits per heavy atom. The number of fused-ring (bicyclic) bond motifs is 12. The summed E-state index contributed by atoms with van der Waals surface area (Å²) in [5.41, 5.74) is 20.9. The maximum absolute atomic E-state index is 2.60. The van der Waals surface area contributed by atoms with E-state index in [9.17, 15) is 0 Å². The quantitative estimate of drug-likeness (QED) is 0.174. The standard InChI is InChI=1S/C56H47N/c1-36-27-30-49-53(55(4,5)32-31-54(49,2)3)52(36)45-34-44-43-23-13-16-26-48(43)56(46-24-14-11-21-41(46)42-22-12-15-25-47(42)56)50(44)35-51(45)57(39-19-7-6-8-20-39)40-29-28-37-17-9-10-18-38(37)33-40/h6-30,33-35H,31-32H2,1-5H3. The summed E-state index contributed by atoms with van der Waals surface area (Å²) in [6, 6.07) is 64.3. The first-order chi connectivity index (χ1) is 27.7. The number of anilines is 3. The lowest BCUT2D eigenvalue weighted by atomic mass is 9.61. The summed E-state index contributed by atoms with van der Waals surface area (Å²) in [6.07, 6.45) is 2.32. The van der Waals surface area contributed by atoms with Crippen LogP contribution >= 0.6 is 0 Å². The Labute approximate surface area is 337 Å². The normalized spacial score (nSPS) is 16.1. The molecular weight excluding hydrogens is 687 g/mol. The number of hydrogen-bond donors (Lipinski definition) is 0. The Morgan fingerprint density at radius 2 is 0.965 bits per heavy atom. The van der Waals surface area contributed by atoms with Crippen molar-refractivity contribution in [1.82, 2.24) is 0 Å². The van der Waals surface area contributed by atoms with Gasteiger partial charge in [0.2, 0.25) is 0 Å². The highest BCUT2D eigenvalue weighted by atomic mass is 15.1. The molecule has 0 atom stereocenters. The van der Waals surface area contributed by atoms with Crippen molar-refractivity contribution in [2.24, 2.45) is 0 Å². The molecule has 0 radical (unpaired) electrons. The number of hydrogen-bond acceptors (Lipinski definition) is 1. The van der Waals surface area contributed by atoms with E-state index in [-0.39, 0.29) is 10.8 Å². The van der Waals surface area contributed by atoms with E-state index in [0.29, 0.717) is 0 Å². The largest absolute Gasteiger partial charge is 0.310 e. The van der Waals surface area contributed by atoms with Crippen LogP contribution in [0.5, 0.6) is 0 Å². The van der Waals surface area contributed by atoms with Gasteiger partial charge in [-0.1, -0.05) is 161 Å². The minimum absolute atomic E-state index is 0.00544. The van der Waals surface area contributed by atoms with Gasteiger partial charge < -0.3 is 4.90 Å². The fourth-order valence-electron chi connectivity index (χ4n) is 11.0. The topological polar surface area (TPSA) is 3.24 Å². The average Bonchev–Trinajstić information content (AvgIpc) is 3.69. The zero-order valence-corrected chi connectivity index (χ0v) is 33.5. The number of aryl methyl sites for hydroxylation is 1. The molecule has 8 aromatic carbocycles. The maximum Gasteiger partial charge on any atom is 0.0726 e. The Kier molecular flexibility index (Phi) is 7.27. The predicted molar refractivity (Wildman–Crippen MR) is 240 cm³/mol. The van der Waals surface area contributed by atoms with Crippen LogP contribution in [0.3, 0.4) is 0 Å². The van der Waals surface area contributed by atoms with E-state index in [0.717, 1.165) is 17.8 Å². The van der Waals surface area contributed by atoms with Gasteiger partial charge >= 0.3 is 0 Å². The van der Waals surface area contributed by atoms with E-state index >= 15 is 0 Å². The summed E-state index contributed by atoms with van der Waals surface area (Å²) in [5.74, 6) is 0. The highest BCUT2D eigenvalue weighted by Crippen LogP contribution is 2.65. The van der Waals surface area contributed by atoms with Crippen molar-refractivity contribution < 1.29 is 0 Å². The second kappa shape index (κ2) is 12.2. The Hall–Kier alpha value is -6.18. The number of rotatable bonds is 4. The first-order valence-electron chi connectivity index (χ1n) is 20.7. The van der Waals surface area contributed by atoms with Crippen LogP contribution in [0.15, 0.2) is 170 Å². The minimum atomic E-state index is -0.454. The third-order valence-electron chi connectivity index (χ3n) is 13.8. The molecule has 3 aliphatic rings. The molecule has 0 saturated carbocycles. The lowest BCUT2D eigenvalue weighted by Gasteiger charge is -2.44. The molecule has 11 rings (SSSR count). The predicted octanol–water partition coefficient (Wildman–Crippen LogP) is 15.0. The summed E-state index contributed by atoms with van der Waals surface area (Å²) in [4.78, 5) is 2.55. The van der Waals surface area contributed by atoms with Crippen molar-refractivity contribution in [3.05, 3.63) is 209 Å². The molecule has 0 N–H and O–H groups in total. The van der Waals surface area contributed by atoms with Gasteiger partial charge in [-0.3, -0.25) is 0 Å². The van der Waals surface area contributed by atoms with Crippen LogP contribution in [-0.2, 0) is 16.2 Å². The van der Waals surface area contributed by atoms with Gasteiger partial charge in [0.15, 0.2) is 0 Å². The fourth-order valence-corrected chi connectivity index (χ4v) is 11.0. The molecular formula is C56H47N. The van der Waals surface area contributed by atoms with Crippen LogP contribution in [0.25, 0.3) is 44.2 Å². The Bertz CT molecular complexity index is 2880. The van der Waals surface area contributed by atoms with Crippen LogP contribution in [0.4, 0.5) is 17.1 Å². The van der Waals surface area contributed by atoms with Crippen molar-refractivity contribution >= 4 is 27.8 Å². The zero-order valence-electron chi connectivity index (χ0n) is 33.5. The first-order valence-corrected chi connectivity index (χ1v) is 20.7. The monoisotopic (exact) mass is 733 g/mol. The lowest BCUT2D eigenvalue weighted by Crippen LogP contribution is -2.34. The Balaban J connectivity index is 1.32. The molecule has 1 spiro atoms. The summed E-state index contributed by atoms with van der Waals surface area (Å²) in [5, 5.41) is 2.48. The molecule has 0 unspecified atom stereocenters. The Morgan fingerprint density at radius 1 is 0.404 bits per heavy atom. The number of nitrogens with zero attached hydrogens (tertiary/aromatic N) is 1. The molecule has 0 amide bonds. The second-order valence-corrected chi connectivity index (χ2v) is 18.0. The summed E-state index contributed by atoms with van der Waals surface area (Å²) in [7, 11) is 0. The number of para-hydroxylation sites is 1. The molecule has 0 fully saturated rings. The molecule has 0 heterocycles. The maximum atomic E-state index is 2.60. The zero-order chi connectivity index (χ0) is 38.7. The van der Waals surface area contributed by atoms with E-state index in [1.807, 2.05) is 0 Å². The SMILES string of the molecule is Cc1ccc2c(c1-c1cc3c(cc1N(c1ccccc1)c1ccc4ccccc4c1)C1(c4ccccc4-c4ccccc41)c1ccccc1-3)C(C)(C)CCC2(C)C. The number of benzene rings is 8. The molecule has 8 aromatic rings. The van der Waals surface area contributed by atoms with Crippen molar-refractivity contribution in [1.29, 1.82) is 0 Å². The van der Waals surface area contributed by atoms with Crippen molar-refractivity contribution in [2.75, 3.05) is 4.90 Å². The summed E-state index contributed by atoms with van der Waals surface area (Å²) in [6.45, 7) is 12.2. The van der Waals surface area contributed by atoms with Gasteiger partial charge in [-0.2, -0.15) is 0 Å². The van der Waals surface area contributed by atoms with Gasteiger partial charge in [0.05, 0.1) is 11.1 Å². The molecule has 1 heteroatoms. The molecule has 57 heavy (non-hydrogen) atoms. The minimum Gasteiger partial charge on any atom is -0.310 e. The molecule has 0 bridgehead atoms. The van der Waals surface area contributed by atoms with Crippen LogP contribution in [-0.4, -0.2) is 0 Å². The van der Waals surface area contributed by atoms with E-state index in [4.69, 9.17) is 0 Å². The van der Waals surface area contributed by atoms with E-state index in [2.05, 4.69) is 209 Å². The molecule has 0 aliphatic heterocycles. The van der Waals surface area contributed by atoms with Gasteiger partial charge in [0, 0.05) is 16.9 Å². The third-order valence-corrected chi connectivity index (χ3v) is 13.8. The highest BCUT2D eigenvalue weighted by Gasteiger charge is 2.52. The molecule has 3 aliphatic carbocycles. The van der Waals surface area contributed by atoms with Crippen LogP contribution in [0.2, 0.25) is 0 Å². The molecule has 0 aromatic heterocycles. The van der Waals surface area contributed by atoms with Crippen molar-refractivity contribution in [3.8, 4) is 33.4 Å². The van der Waals surface area contributed by atoms with E-state index in [1.165, 1.54) is 95.2 Å². The molecule has 276 valence electrons. The van der Waals surface area contributed by atoms with Gasteiger partial charge in [-0.15, -0.1) is 0 Å². The highest BCUT2D eigenvalue weighted by molar-refractivity contribution is 6.01. The van der Waals surface area contributed by atoms with Gasteiger partial charge in [0.1, 0.15) is 0 Å². The summed E-state index contributed by atoms with van der Waals surface area (Å²) < 4.78 is 0. The smallest absolute Gasteiger partial charge is 0.0726 e. The average molecular weight is 734 g/mol. The fraction of sp³-hybridized carbons (Fsp3) is 0.179. The van der Waals surface area contributed by atoms with E-state index < -0.39 is 5.41 Å². The molecule has 0 saturated heterocycles. The summed E-state index contributed by atoms with van der Waals surface area (Å²) >= 11 is 0. The lowest BCUT2D eigenvalue weighted by molar-refractivity contribution is 0.332. The van der Waals surface area contributed by atoms with Gasteiger partial charge in [-0.25, -0.2) is 0 Å². The van der Waals surface area contributed by atoms with Gasteiger partial charge in [0.25, 0.3) is 0 Å². The van der Waals surface area contributed by atoms with Crippen LogP contribution < -0.4 is 4.90 Å². The van der Waals surface area contributed by atoms with Crippen molar-refractivity contribution in [3.63, 3.8) is 0 Å². The molecule has 1 nitrogen and oxygen atoms in total. The van der Waals surface area contributed by atoms with Crippen LogP contribution in [0, 0.1) is 6.92 Å². The second-order valence-electron chi connectivity index (χ2n) is 18.0. The first kappa shape index (κ1) is 34.1. The van der Waals surface area contributed by atoms with E-state index in [1.54, 1.807) is 0 Å². The van der Waals surface area contributed by atoms with Crippen molar-refractivity contribution in [2.45, 2.75) is 63.7 Å². The van der Waals surface area contributed by atoms with Gasteiger partial charge in [-0.05, 0) is 145 Å². The van der Waals surface area contributed by atoms with Crippen LogP contribution in [0.1, 0.15) is 79.5 Å². The third kappa shape index (κ3) is 4.75.